The minimum Gasteiger partial charge on any atom is -0.459 e. The number of nitrogens with zero attached hydrogens (tertiary/aromatic N) is 3. The molecule has 0 radical (unpaired) electrons. The number of likely N-dealkylation sites (tertiary alicyclic amines) is 2. The lowest BCUT2D eigenvalue weighted by atomic mass is 10.1. The van der Waals surface area contributed by atoms with Crippen LogP contribution in [0.1, 0.15) is 36.8 Å². The first-order chi connectivity index (χ1) is 16.9. The van der Waals surface area contributed by atoms with Gasteiger partial charge in [0.25, 0.3) is 5.69 Å². The summed E-state index contributed by atoms with van der Waals surface area (Å²) in [6.07, 6.45) is 1.80. The molecule has 35 heavy (non-hydrogen) atoms. The average molecular weight is 482 g/mol. The summed E-state index contributed by atoms with van der Waals surface area (Å²) < 4.78 is 10.8. The zero-order valence-corrected chi connectivity index (χ0v) is 19.2. The topological polar surface area (TPSA) is 119 Å². The average Bonchev–Trinajstić information content (AvgIpc) is 3.57. The highest BCUT2D eigenvalue weighted by molar-refractivity contribution is 5.90. The van der Waals surface area contributed by atoms with Crippen LogP contribution in [0.25, 0.3) is 0 Å². The summed E-state index contributed by atoms with van der Waals surface area (Å²) in [6, 6.07) is 13.7. The maximum atomic E-state index is 13.3. The highest BCUT2D eigenvalue weighted by atomic mass is 16.6. The van der Waals surface area contributed by atoms with Crippen LogP contribution < -0.4 is 0 Å². The van der Waals surface area contributed by atoms with Crippen LogP contribution in [0.2, 0.25) is 0 Å². The molecule has 2 atom stereocenters. The highest BCUT2D eigenvalue weighted by Gasteiger charge is 2.43. The lowest BCUT2D eigenvalue weighted by molar-refractivity contribution is -0.384. The summed E-state index contributed by atoms with van der Waals surface area (Å²) in [5, 5.41) is 10.8. The van der Waals surface area contributed by atoms with E-state index in [0.717, 1.165) is 5.56 Å². The van der Waals surface area contributed by atoms with Gasteiger partial charge in [0.05, 0.1) is 4.92 Å². The number of nitro benzene ring substituents is 1. The summed E-state index contributed by atoms with van der Waals surface area (Å²) >= 11 is 0. The van der Waals surface area contributed by atoms with Crippen molar-refractivity contribution in [2.75, 3.05) is 13.1 Å². The molecule has 2 aliphatic rings. The van der Waals surface area contributed by atoms with Gasteiger partial charge < -0.3 is 14.4 Å². The Morgan fingerprint density at radius 1 is 0.829 bits per heavy atom. The Labute approximate surface area is 202 Å². The molecular formula is C25H27N3O7. The second-order valence-corrected chi connectivity index (χ2v) is 8.61. The van der Waals surface area contributed by atoms with Crippen molar-refractivity contribution in [1.29, 1.82) is 0 Å². The molecule has 0 unspecified atom stereocenters. The van der Waals surface area contributed by atoms with Crippen LogP contribution in [0, 0.1) is 10.1 Å². The number of non-ortho nitro benzene ring substituents is 1. The number of carbonyl (C=O) groups excluding carboxylic acids is 3. The Hall–Kier alpha value is -3.95. The molecule has 2 aromatic carbocycles. The number of rotatable bonds is 7. The van der Waals surface area contributed by atoms with Crippen molar-refractivity contribution in [3.8, 4) is 0 Å². The van der Waals surface area contributed by atoms with E-state index in [1.807, 2.05) is 30.3 Å². The van der Waals surface area contributed by atoms with Crippen molar-refractivity contribution in [1.82, 2.24) is 9.80 Å². The van der Waals surface area contributed by atoms with Crippen molar-refractivity contribution in [2.45, 2.75) is 51.0 Å². The number of ether oxygens (including phenoxy) is 2. The van der Waals surface area contributed by atoms with Crippen molar-refractivity contribution in [3.05, 3.63) is 75.8 Å². The van der Waals surface area contributed by atoms with Gasteiger partial charge in [0.1, 0.15) is 25.3 Å². The Bertz CT molecular complexity index is 1070. The molecule has 0 spiro atoms. The Kier molecular flexibility index (Phi) is 7.59. The molecule has 2 aromatic rings. The van der Waals surface area contributed by atoms with E-state index in [4.69, 9.17) is 9.47 Å². The van der Waals surface area contributed by atoms with E-state index < -0.39 is 29.1 Å². The van der Waals surface area contributed by atoms with Gasteiger partial charge in [0.2, 0.25) is 5.91 Å². The molecule has 0 N–H and O–H groups in total. The van der Waals surface area contributed by atoms with E-state index in [1.54, 1.807) is 0 Å². The van der Waals surface area contributed by atoms with Crippen molar-refractivity contribution in [3.63, 3.8) is 0 Å². The largest absolute Gasteiger partial charge is 0.459 e. The third-order valence-corrected chi connectivity index (χ3v) is 6.31. The molecule has 0 aliphatic carbocycles. The predicted octanol–water partition coefficient (Wildman–Crippen LogP) is 3.43. The number of amides is 2. The monoisotopic (exact) mass is 481 g/mol. The SMILES string of the molecule is O=C(OCc1ccc([N+](=O)[O-])cc1)[C@@H]1CCCN1C(=O)[C@@H]1CCCN1C(=O)OCc1ccccc1. The van der Waals surface area contributed by atoms with E-state index in [9.17, 15) is 24.5 Å². The summed E-state index contributed by atoms with van der Waals surface area (Å²) in [4.78, 5) is 52.0. The molecule has 10 nitrogen and oxygen atoms in total. The summed E-state index contributed by atoms with van der Waals surface area (Å²) in [5.41, 5.74) is 1.43. The molecule has 4 rings (SSSR count). The second kappa shape index (κ2) is 11.0. The van der Waals surface area contributed by atoms with Gasteiger partial charge in [-0.15, -0.1) is 0 Å². The van der Waals surface area contributed by atoms with Gasteiger partial charge in [-0.3, -0.25) is 19.8 Å². The minimum atomic E-state index is -0.719. The van der Waals surface area contributed by atoms with Gasteiger partial charge in [0, 0.05) is 25.2 Å². The van der Waals surface area contributed by atoms with Crippen LogP contribution in [0.15, 0.2) is 54.6 Å². The molecule has 0 aromatic heterocycles. The molecule has 10 heteroatoms. The number of esters is 1. The van der Waals surface area contributed by atoms with Gasteiger partial charge in [-0.05, 0) is 48.9 Å². The van der Waals surface area contributed by atoms with E-state index in [-0.39, 0.29) is 24.8 Å². The number of benzene rings is 2. The summed E-state index contributed by atoms with van der Waals surface area (Å²) in [7, 11) is 0. The highest BCUT2D eigenvalue weighted by Crippen LogP contribution is 2.26. The van der Waals surface area contributed by atoms with Crippen LogP contribution in [0.3, 0.4) is 0 Å². The van der Waals surface area contributed by atoms with Gasteiger partial charge in [-0.2, -0.15) is 0 Å². The zero-order valence-electron chi connectivity index (χ0n) is 19.2. The first-order valence-corrected chi connectivity index (χ1v) is 11.6. The standard InChI is InChI=1S/C25H27N3O7/c29-23(21-8-4-15-27(21)25(31)35-17-18-6-2-1-3-7-18)26-14-5-9-22(26)24(30)34-16-19-10-12-20(13-11-19)28(32)33/h1-3,6-7,10-13,21-22H,4-5,8-9,14-17H2/t21-,22-/m0/s1. The number of hydrogen-bond donors (Lipinski definition) is 0. The van der Waals surface area contributed by atoms with E-state index in [1.165, 1.54) is 34.1 Å². The molecule has 2 heterocycles. The second-order valence-electron chi connectivity index (χ2n) is 8.61. The molecule has 2 fully saturated rings. The fraction of sp³-hybridized carbons (Fsp3) is 0.400. The molecular weight excluding hydrogens is 454 g/mol. The third kappa shape index (κ3) is 5.76. The molecule has 2 aliphatic heterocycles. The summed E-state index contributed by atoms with van der Waals surface area (Å²) in [5.74, 6) is -0.792. The van der Waals surface area contributed by atoms with Crippen molar-refractivity contribution in [2.24, 2.45) is 0 Å². The Balaban J connectivity index is 1.33. The van der Waals surface area contributed by atoms with Gasteiger partial charge in [0.15, 0.2) is 0 Å². The molecule has 2 amide bonds. The maximum Gasteiger partial charge on any atom is 0.410 e. The lowest BCUT2D eigenvalue weighted by Crippen LogP contribution is -2.51. The van der Waals surface area contributed by atoms with E-state index in [2.05, 4.69) is 0 Å². The number of carbonyl (C=O) groups is 3. The van der Waals surface area contributed by atoms with E-state index >= 15 is 0 Å². The summed E-state index contributed by atoms with van der Waals surface area (Å²) in [6.45, 7) is 0.918. The van der Waals surface area contributed by atoms with Crippen LogP contribution in [-0.2, 0) is 32.3 Å². The van der Waals surface area contributed by atoms with Gasteiger partial charge in [-0.1, -0.05) is 30.3 Å². The molecule has 0 saturated carbocycles. The minimum absolute atomic E-state index is 0.0449. The third-order valence-electron chi connectivity index (χ3n) is 6.31. The Morgan fingerprint density at radius 3 is 2.11 bits per heavy atom. The molecule has 184 valence electrons. The first-order valence-electron chi connectivity index (χ1n) is 11.6. The first kappa shape index (κ1) is 24.2. The van der Waals surface area contributed by atoms with Crippen molar-refractivity contribution >= 4 is 23.7 Å². The van der Waals surface area contributed by atoms with E-state index in [0.29, 0.717) is 44.3 Å². The fourth-order valence-corrected chi connectivity index (χ4v) is 4.48. The van der Waals surface area contributed by atoms with Crippen LogP contribution in [-0.4, -0.2) is 57.9 Å². The predicted molar refractivity (Wildman–Crippen MR) is 124 cm³/mol. The van der Waals surface area contributed by atoms with Crippen LogP contribution in [0.4, 0.5) is 10.5 Å². The normalized spacial score (nSPS) is 19.4. The lowest BCUT2D eigenvalue weighted by Gasteiger charge is -2.30. The number of nitro groups is 1. The quantitative estimate of drug-likeness (QED) is 0.338. The van der Waals surface area contributed by atoms with Crippen molar-refractivity contribution < 1.29 is 28.8 Å². The zero-order chi connectivity index (χ0) is 24.8. The smallest absolute Gasteiger partial charge is 0.410 e. The maximum absolute atomic E-state index is 13.3. The number of hydrogen-bond acceptors (Lipinski definition) is 7. The van der Waals surface area contributed by atoms with Crippen LogP contribution in [0.5, 0.6) is 0 Å². The Morgan fingerprint density at radius 2 is 1.43 bits per heavy atom. The molecule has 0 bridgehead atoms. The fourth-order valence-electron chi connectivity index (χ4n) is 4.48. The van der Waals surface area contributed by atoms with Crippen LogP contribution >= 0.6 is 0 Å². The van der Waals surface area contributed by atoms with Gasteiger partial charge in [-0.25, -0.2) is 9.59 Å². The van der Waals surface area contributed by atoms with Gasteiger partial charge >= 0.3 is 12.1 Å². The molecule has 2 saturated heterocycles.